The SMILES string of the molecule is Nc1ncnc2c1C(=O)N(c1ccc(N3C4CCC3CC3(C4)CC3C(=O)O)nc1)CCO2. The molecule has 0 aromatic carbocycles. The lowest BCUT2D eigenvalue weighted by Crippen LogP contribution is -2.45. The van der Waals surface area contributed by atoms with Crippen molar-refractivity contribution < 1.29 is 19.4 Å². The van der Waals surface area contributed by atoms with Crippen LogP contribution in [0.2, 0.25) is 0 Å². The van der Waals surface area contributed by atoms with E-state index in [9.17, 15) is 14.7 Å². The molecule has 3 atom stereocenters. The van der Waals surface area contributed by atoms with Gasteiger partial charge in [0.1, 0.15) is 30.1 Å². The largest absolute Gasteiger partial charge is 0.481 e. The second kappa shape index (κ2) is 6.78. The summed E-state index contributed by atoms with van der Waals surface area (Å²) in [5.74, 6) is 0.0323. The van der Waals surface area contributed by atoms with Crippen LogP contribution in [0.5, 0.6) is 5.88 Å². The number of carbonyl (C=O) groups excluding carboxylic acids is 1. The van der Waals surface area contributed by atoms with E-state index in [0.717, 1.165) is 37.9 Å². The number of pyridine rings is 1. The summed E-state index contributed by atoms with van der Waals surface area (Å²) in [5.41, 5.74) is 6.74. The zero-order chi connectivity index (χ0) is 22.0. The first-order valence-electron chi connectivity index (χ1n) is 11.0. The maximum Gasteiger partial charge on any atom is 0.307 e. The Hall–Kier alpha value is -3.43. The van der Waals surface area contributed by atoms with Crippen molar-refractivity contribution in [2.45, 2.75) is 44.2 Å². The molecule has 0 radical (unpaired) electrons. The molecular formula is C22H24N6O4. The topological polar surface area (TPSA) is 135 Å². The Kier molecular flexibility index (Phi) is 4.08. The number of aromatic nitrogens is 3. The lowest BCUT2D eigenvalue weighted by Gasteiger charge is -2.40. The van der Waals surface area contributed by atoms with Gasteiger partial charge in [-0.15, -0.1) is 0 Å². The van der Waals surface area contributed by atoms with Crippen LogP contribution >= 0.6 is 0 Å². The number of nitrogens with zero attached hydrogens (tertiary/aromatic N) is 5. The third kappa shape index (κ3) is 2.81. The van der Waals surface area contributed by atoms with Gasteiger partial charge in [0.2, 0.25) is 5.88 Å². The van der Waals surface area contributed by atoms with Crippen molar-refractivity contribution in [2.75, 3.05) is 28.7 Å². The highest BCUT2D eigenvalue weighted by Crippen LogP contribution is 2.64. The van der Waals surface area contributed by atoms with Crippen molar-refractivity contribution in [2.24, 2.45) is 11.3 Å². The van der Waals surface area contributed by atoms with Crippen LogP contribution in [-0.4, -0.2) is 57.2 Å². The third-order valence-corrected chi connectivity index (χ3v) is 7.55. The number of amides is 1. The molecule has 3 fully saturated rings. The summed E-state index contributed by atoms with van der Waals surface area (Å²) < 4.78 is 5.59. The molecule has 3 unspecified atom stereocenters. The Bertz CT molecular complexity index is 1090. The van der Waals surface area contributed by atoms with Gasteiger partial charge in [-0.2, -0.15) is 0 Å². The van der Waals surface area contributed by atoms with Crippen LogP contribution in [0.25, 0.3) is 0 Å². The highest BCUT2D eigenvalue weighted by molar-refractivity contribution is 6.10. The molecule has 1 spiro atoms. The van der Waals surface area contributed by atoms with Crippen LogP contribution in [0.1, 0.15) is 42.5 Å². The van der Waals surface area contributed by atoms with E-state index in [2.05, 4.69) is 14.9 Å². The van der Waals surface area contributed by atoms with E-state index in [4.69, 9.17) is 15.5 Å². The molecule has 2 bridgehead atoms. The van der Waals surface area contributed by atoms with Crippen LogP contribution in [0.4, 0.5) is 17.3 Å². The fourth-order valence-electron chi connectivity index (χ4n) is 6.01. The Labute approximate surface area is 184 Å². The summed E-state index contributed by atoms with van der Waals surface area (Å²) in [6.07, 6.45) is 7.78. The van der Waals surface area contributed by atoms with Gasteiger partial charge in [-0.3, -0.25) is 9.59 Å². The Balaban J connectivity index is 1.23. The van der Waals surface area contributed by atoms with E-state index in [0.29, 0.717) is 30.9 Å². The Morgan fingerprint density at radius 3 is 2.59 bits per heavy atom. The van der Waals surface area contributed by atoms with Gasteiger partial charge in [-0.05, 0) is 49.7 Å². The molecule has 10 heteroatoms. The third-order valence-electron chi connectivity index (χ3n) is 7.55. The summed E-state index contributed by atoms with van der Waals surface area (Å²) >= 11 is 0. The van der Waals surface area contributed by atoms with Gasteiger partial charge >= 0.3 is 5.97 Å². The van der Waals surface area contributed by atoms with Crippen molar-refractivity contribution in [1.82, 2.24) is 15.0 Å². The minimum absolute atomic E-state index is 0.0119. The van der Waals surface area contributed by atoms with Crippen LogP contribution in [0.15, 0.2) is 24.7 Å². The van der Waals surface area contributed by atoms with Gasteiger partial charge in [-0.25, -0.2) is 15.0 Å². The van der Waals surface area contributed by atoms with Crippen molar-refractivity contribution in [3.8, 4) is 5.88 Å². The average molecular weight is 436 g/mol. The molecule has 10 nitrogen and oxygen atoms in total. The van der Waals surface area contributed by atoms with Crippen LogP contribution in [0, 0.1) is 11.3 Å². The highest BCUT2D eigenvalue weighted by Gasteiger charge is 2.64. The van der Waals surface area contributed by atoms with E-state index in [1.807, 2.05) is 12.1 Å². The number of fused-ring (bicyclic) bond motifs is 3. The quantitative estimate of drug-likeness (QED) is 0.737. The highest BCUT2D eigenvalue weighted by atomic mass is 16.5. The molecule has 3 aliphatic heterocycles. The van der Waals surface area contributed by atoms with Crippen molar-refractivity contribution in [3.05, 3.63) is 30.2 Å². The molecule has 5 heterocycles. The molecule has 6 rings (SSSR count). The number of nitrogens with two attached hydrogens (primary N) is 1. The number of rotatable bonds is 3. The van der Waals surface area contributed by atoms with E-state index >= 15 is 0 Å². The maximum absolute atomic E-state index is 13.1. The molecule has 2 aromatic rings. The fraction of sp³-hybridized carbons (Fsp3) is 0.500. The summed E-state index contributed by atoms with van der Waals surface area (Å²) in [6, 6.07) is 4.50. The number of hydrogen-bond acceptors (Lipinski definition) is 8. The van der Waals surface area contributed by atoms with Crippen LogP contribution in [-0.2, 0) is 4.79 Å². The molecule has 3 N–H and O–H groups in total. The number of aliphatic carboxylic acids is 1. The number of carboxylic acid groups (broad SMARTS) is 1. The van der Waals surface area contributed by atoms with Crippen molar-refractivity contribution in [1.29, 1.82) is 0 Å². The summed E-state index contributed by atoms with van der Waals surface area (Å²) in [4.78, 5) is 41.2. The molecule has 1 saturated carbocycles. The van der Waals surface area contributed by atoms with Crippen molar-refractivity contribution >= 4 is 29.2 Å². The van der Waals surface area contributed by atoms with Crippen LogP contribution < -0.4 is 20.3 Å². The number of piperidine rings is 1. The Morgan fingerprint density at radius 1 is 1.16 bits per heavy atom. The first kappa shape index (κ1) is 19.3. The summed E-state index contributed by atoms with van der Waals surface area (Å²) in [5, 5.41) is 9.44. The van der Waals surface area contributed by atoms with E-state index < -0.39 is 5.97 Å². The number of carbonyl (C=O) groups is 2. The molecule has 4 aliphatic rings. The lowest BCUT2D eigenvalue weighted by molar-refractivity contribution is -0.139. The number of nitrogen functional groups attached to an aromatic ring is 1. The van der Waals surface area contributed by atoms with Gasteiger partial charge in [-0.1, -0.05) is 0 Å². The van der Waals surface area contributed by atoms with Gasteiger partial charge in [0.15, 0.2) is 0 Å². The summed E-state index contributed by atoms with van der Waals surface area (Å²) in [7, 11) is 0. The van der Waals surface area contributed by atoms with Crippen molar-refractivity contribution in [3.63, 3.8) is 0 Å². The minimum Gasteiger partial charge on any atom is -0.481 e. The Morgan fingerprint density at radius 2 is 1.94 bits per heavy atom. The second-order valence-corrected chi connectivity index (χ2v) is 9.28. The molecule has 2 aromatic heterocycles. The molecule has 1 aliphatic carbocycles. The average Bonchev–Trinajstić information content (AvgIpc) is 3.44. The fourth-order valence-corrected chi connectivity index (χ4v) is 6.01. The van der Waals surface area contributed by atoms with Gasteiger partial charge < -0.3 is 25.4 Å². The standard InChI is InChI=1S/C22H24N6O4/c23-18-17-19(26-11-25-18)32-6-5-27(20(17)29)14-3-4-16(24-10-14)28-12-1-2-13(28)8-22(7-12)9-15(22)21(30)31/h3-4,10-13,15H,1-2,5-9H2,(H,30,31)(H2,23,25,26). The second-order valence-electron chi connectivity index (χ2n) is 9.28. The number of carboxylic acids is 1. The predicted molar refractivity (Wildman–Crippen MR) is 115 cm³/mol. The molecule has 1 amide bonds. The predicted octanol–water partition coefficient (Wildman–Crippen LogP) is 1.72. The van der Waals surface area contributed by atoms with E-state index in [1.165, 1.54) is 6.33 Å². The van der Waals surface area contributed by atoms with Gasteiger partial charge in [0.05, 0.1) is 24.3 Å². The monoisotopic (exact) mass is 436 g/mol. The molecule has 32 heavy (non-hydrogen) atoms. The van der Waals surface area contributed by atoms with Gasteiger partial charge in [0.25, 0.3) is 5.91 Å². The summed E-state index contributed by atoms with van der Waals surface area (Å²) in [6.45, 7) is 0.643. The first-order chi connectivity index (χ1) is 15.5. The first-order valence-corrected chi connectivity index (χ1v) is 11.0. The molecule has 166 valence electrons. The van der Waals surface area contributed by atoms with Crippen LogP contribution in [0.3, 0.4) is 0 Å². The zero-order valence-electron chi connectivity index (χ0n) is 17.5. The smallest absolute Gasteiger partial charge is 0.307 e. The van der Waals surface area contributed by atoms with Gasteiger partial charge in [0, 0.05) is 12.1 Å². The zero-order valence-corrected chi connectivity index (χ0v) is 17.5. The molecule has 2 saturated heterocycles. The maximum atomic E-state index is 13.1. The van der Waals surface area contributed by atoms with E-state index in [1.54, 1.807) is 11.1 Å². The normalized spacial score (nSPS) is 30.6. The number of ether oxygens (including phenoxy) is 1. The molecular weight excluding hydrogens is 412 g/mol. The minimum atomic E-state index is -0.654. The lowest BCUT2D eigenvalue weighted by atomic mass is 9.85. The number of hydrogen-bond donors (Lipinski definition) is 2. The number of anilines is 3. The van der Waals surface area contributed by atoms with E-state index in [-0.39, 0.29) is 34.5 Å².